The third-order valence-electron chi connectivity index (χ3n) is 3.70. The van der Waals surface area contributed by atoms with Crippen LogP contribution in [-0.4, -0.2) is 33.4 Å². The van der Waals surface area contributed by atoms with Crippen LogP contribution in [0.2, 0.25) is 0 Å². The van der Waals surface area contributed by atoms with Crippen molar-refractivity contribution in [3.63, 3.8) is 0 Å². The fourth-order valence-corrected chi connectivity index (χ4v) is 2.66. The van der Waals surface area contributed by atoms with Crippen molar-refractivity contribution in [1.29, 1.82) is 0 Å². The monoisotopic (exact) mass is 250 g/mol. The van der Waals surface area contributed by atoms with Crippen molar-refractivity contribution in [2.45, 2.75) is 51.2 Å². The van der Waals surface area contributed by atoms with Crippen LogP contribution in [-0.2, 0) is 4.79 Å². The van der Waals surface area contributed by atoms with E-state index in [1.54, 1.807) is 4.90 Å². The van der Waals surface area contributed by atoms with Crippen molar-refractivity contribution in [1.82, 2.24) is 14.5 Å². The van der Waals surface area contributed by atoms with Gasteiger partial charge in [0, 0.05) is 25.6 Å². The molecule has 1 amide bonds. The minimum absolute atomic E-state index is 0.0179. The first-order valence-corrected chi connectivity index (χ1v) is 6.55. The number of likely N-dealkylation sites (tertiary alicyclic amines) is 1. The number of hydrogen-bond donors (Lipinski definition) is 1. The first kappa shape index (κ1) is 13.1. The number of amides is 1. The zero-order valence-corrected chi connectivity index (χ0v) is 11.3. The molecule has 2 heterocycles. The smallest absolute Gasteiger partial charge is 0.222 e. The number of carbonyl (C=O) groups excluding carboxylic acids is 1. The molecule has 0 radical (unpaired) electrons. The highest BCUT2D eigenvalue weighted by atomic mass is 16.2. The highest BCUT2D eigenvalue weighted by Gasteiger charge is 2.32. The number of hydrogen-bond acceptors (Lipinski definition) is 3. The van der Waals surface area contributed by atoms with E-state index >= 15 is 0 Å². The molecule has 0 aliphatic carbocycles. The van der Waals surface area contributed by atoms with Crippen LogP contribution >= 0.6 is 0 Å². The maximum atomic E-state index is 12.0. The summed E-state index contributed by atoms with van der Waals surface area (Å²) in [5.74, 6) is 0.171. The Bertz CT molecular complexity index is 426. The first-order chi connectivity index (χ1) is 8.52. The van der Waals surface area contributed by atoms with Gasteiger partial charge in [0.25, 0.3) is 0 Å². The summed E-state index contributed by atoms with van der Waals surface area (Å²) in [5, 5.41) is 0. The van der Waals surface area contributed by atoms with Gasteiger partial charge in [-0.25, -0.2) is 4.98 Å². The van der Waals surface area contributed by atoms with Gasteiger partial charge in [-0.3, -0.25) is 4.79 Å². The average Bonchev–Trinajstić information content (AvgIpc) is 2.73. The van der Waals surface area contributed by atoms with E-state index < -0.39 is 0 Å². The topological polar surface area (TPSA) is 64.2 Å². The van der Waals surface area contributed by atoms with Gasteiger partial charge >= 0.3 is 0 Å². The fourth-order valence-electron chi connectivity index (χ4n) is 2.66. The summed E-state index contributed by atoms with van der Waals surface area (Å²) in [6, 6.07) is 0.238. The molecule has 0 saturated carbocycles. The molecule has 0 bridgehead atoms. The van der Waals surface area contributed by atoms with Gasteiger partial charge in [-0.05, 0) is 26.7 Å². The van der Waals surface area contributed by atoms with Gasteiger partial charge in [0.1, 0.15) is 0 Å². The minimum Gasteiger partial charge on any atom is -0.336 e. The SMILES string of the molecule is CC(C)n1cncc1C1C(N)CCCC(=O)N1C. The lowest BCUT2D eigenvalue weighted by Gasteiger charge is -2.31. The van der Waals surface area contributed by atoms with E-state index in [-0.39, 0.29) is 18.0 Å². The molecule has 5 nitrogen and oxygen atoms in total. The van der Waals surface area contributed by atoms with Gasteiger partial charge in [0.05, 0.1) is 24.3 Å². The van der Waals surface area contributed by atoms with Gasteiger partial charge < -0.3 is 15.2 Å². The lowest BCUT2D eigenvalue weighted by molar-refractivity contribution is -0.131. The molecule has 1 aliphatic rings. The molecule has 18 heavy (non-hydrogen) atoms. The lowest BCUT2D eigenvalue weighted by Crippen LogP contribution is -2.41. The van der Waals surface area contributed by atoms with Crippen LogP contribution in [0.1, 0.15) is 50.9 Å². The van der Waals surface area contributed by atoms with Crippen LogP contribution in [0.3, 0.4) is 0 Å². The van der Waals surface area contributed by atoms with Gasteiger partial charge in [-0.1, -0.05) is 0 Å². The molecule has 1 fully saturated rings. The standard InChI is InChI=1S/C13H22N4O/c1-9(2)17-8-15-7-11(17)13-10(14)5-4-6-12(18)16(13)3/h7-10,13H,4-6,14H2,1-3H3. The van der Waals surface area contributed by atoms with E-state index in [1.165, 1.54) is 0 Å². The number of likely N-dealkylation sites (N-methyl/N-ethyl adjacent to an activating group) is 1. The third-order valence-corrected chi connectivity index (χ3v) is 3.70. The van der Waals surface area contributed by atoms with Crippen LogP contribution in [0.5, 0.6) is 0 Å². The van der Waals surface area contributed by atoms with Crippen molar-refractivity contribution >= 4 is 5.91 Å². The predicted molar refractivity (Wildman–Crippen MR) is 69.9 cm³/mol. The van der Waals surface area contributed by atoms with Crippen molar-refractivity contribution in [3.05, 3.63) is 18.2 Å². The quantitative estimate of drug-likeness (QED) is 0.864. The Morgan fingerprint density at radius 2 is 2.22 bits per heavy atom. The number of rotatable bonds is 2. The van der Waals surface area contributed by atoms with Gasteiger partial charge in [0.15, 0.2) is 0 Å². The highest BCUT2D eigenvalue weighted by Crippen LogP contribution is 2.29. The largest absolute Gasteiger partial charge is 0.336 e. The zero-order chi connectivity index (χ0) is 13.3. The second-order valence-electron chi connectivity index (χ2n) is 5.33. The molecule has 1 saturated heterocycles. The highest BCUT2D eigenvalue weighted by molar-refractivity contribution is 5.76. The maximum absolute atomic E-state index is 12.0. The lowest BCUT2D eigenvalue weighted by atomic mass is 10.0. The van der Waals surface area contributed by atoms with Crippen molar-refractivity contribution in [3.8, 4) is 0 Å². The Morgan fingerprint density at radius 1 is 1.50 bits per heavy atom. The van der Waals surface area contributed by atoms with E-state index in [0.717, 1.165) is 18.5 Å². The summed E-state index contributed by atoms with van der Waals surface area (Å²) in [6.45, 7) is 4.21. The maximum Gasteiger partial charge on any atom is 0.222 e. The Hall–Kier alpha value is -1.36. The van der Waals surface area contributed by atoms with E-state index in [4.69, 9.17) is 5.73 Å². The molecule has 100 valence electrons. The summed E-state index contributed by atoms with van der Waals surface area (Å²) in [7, 11) is 1.84. The Labute approximate surface area is 108 Å². The molecule has 0 spiro atoms. The zero-order valence-electron chi connectivity index (χ0n) is 11.3. The van der Waals surface area contributed by atoms with Crippen LogP contribution in [0, 0.1) is 0 Å². The van der Waals surface area contributed by atoms with E-state index in [0.29, 0.717) is 12.5 Å². The third kappa shape index (κ3) is 2.27. The molecular formula is C13H22N4O. The Morgan fingerprint density at radius 3 is 2.89 bits per heavy atom. The molecule has 2 N–H and O–H groups in total. The average molecular weight is 250 g/mol. The number of carbonyl (C=O) groups is 1. The van der Waals surface area contributed by atoms with Gasteiger partial charge in [-0.15, -0.1) is 0 Å². The summed E-state index contributed by atoms with van der Waals surface area (Å²) in [4.78, 5) is 18.0. The molecule has 1 aromatic rings. The van der Waals surface area contributed by atoms with E-state index in [2.05, 4.69) is 23.4 Å². The Balaban J connectivity index is 2.38. The molecule has 2 rings (SSSR count). The van der Waals surface area contributed by atoms with Crippen molar-refractivity contribution in [2.75, 3.05) is 7.05 Å². The molecule has 5 heteroatoms. The second kappa shape index (κ2) is 5.10. The van der Waals surface area contributed by atoms with Crippen molar-refractivity contribution < 1.29 is 4.79 Å². The summed E-state index contributed by atoms with van der Waals surface area (Å²) in [5.41, 5.74) is 7.29. The number of imidazole rings is 1. The van der Waals surface area contributed by atoms with Crippen LogP contribution in [0.15, 0.2) is 12.5 Å². The van der Waals surface area contributed by atoms with Crippen molar-refractivity contribution in [2.24, 2.45) is 5.73 Å². The predicted octanol–water partition coefficient (Wildman–Crippen LogP) is 1.47. The van der Waals surface area contributed by atoms with Gasteiger partial charge in [0.2, 0.25) is 5.91 Å². The Kier molecular flexibility index (Phi) is 3.71. The number of nitrogens with two attached hydrogens (primary N) is 1. The summed E-state index contributed by atoms with van der Waals surface area (Å²) < 4.78 is 2.10. The first-order valence-electron chi connectivity index (χ1n) is 6.55. The van der Waals surface area contributed by atoms with Crippen LogP contribution < -0.4 is 5.73 Å². The second-order valence-corrected chi connectivity index (χ2v) is 5.33. The molecule has 0 aromatic carbocycles. The van der Waals surface area contributed by atoms with Crippen LogP contribution in [0.25, 0.3) is 0 Å². The normalized spacial score (nSPS) is 25.6. The minimum atomic E-state index is -0.0649. The molecule has 2 atom stereocenters. The number of nitrogens with zero attached hydrogens (tertiary/aromatic N) is 3. The molecule has 1 aromatic heterocycles. The molecule has 1 aliphatic heterocycles. The van der Waals surface area contributed by atoms with Crippen LogP contribution in [0.4, 0.5) is 0 Å². The van der Waals surface area contributed by atoms with E-state index in [9.17, 15) is 4.79 Å². The summed E-state index contributed by atoms with van der Waals surface area (Å²) in [6.07, 6.45) is 5.99. The van der Waals surface area contributed by atoms with E-state index in [1.807, 2.05) is 19.6 Å². The van der Waals surface area contributed by atoms with Gasteiger partial charge in [-0.2, -0.15) is 0 Å². The fraction of sp³-hybridized carbons (Fsp3) is 0.692. The molecular weight excluding hydrogens is 228 g/mol. The molecule has 2 unspecified atom stereocenters. The summed E-state index contributed by atoms with van der Waals surface area (Å²) >= 11 is 0. The number of aromatic nitrogens is 2.